The fourth-order valence-corrected chi connectivity index (χ4v) is 3.31. The SMILES string of the molecule is COc1cc(OC)c2c(=O)c(C)c(C)oc2c1O[Si](C)(C)C(C)(C)C. The molecule has 25 heavy (non-hydrogen) atoms. The second-order valence-corrected chi connectivity index (χ2v) is 12.5. The van der Waals surface area contributed by atoms with Crippen molar-refractivity contribution < 1.29 is 18.3 Å². The van der Waals surface area contributed by atoms with Crippen molar-refractivity contribution in [3.8, 4) is 17.2 Å². The van der Waals surface area contributed by atoms with Crippen molar-refractivity contribution in [2.45, 2.75) is 52.8 Å². The molecule has 0 N–H and O–H groups in total. The molecule has 0 saturated heterocycles. The molecule has 0 aliphatic heterocycles. The summed E-state index contributed by atoms with van der Waals surface area (Å²) < 4.78 is 23.4. The van der Waals surface area contributed by atoms with Gasteiger partial charge in [-0.15, -0.1) is 0 Å². The van der Waals surface area contributed by atoms with E-state index in [2.05, 4.69) is 33.9 Å². The Balaban J connectivity index is 2.90. The van der Waals surface area contributed by atoms with E-state index in [0.29, 0.717) is 39.5 Å². The molecule has 5 nitrogen and oxygen atoms in total. The molecule has 0 radical (unpaired) electrons. The summed E-state index contributed by atoms with van der Waals surface area (Å²) in [6, 6.07) is 1.69. The number of methoxy groups -OCH3 is 2. The normalized spacial score (nSPS) is 12.4. The Labute approximate surface area is 150 Å². The van der Waals surface area contributed by atoms with Crippen LogP contribution in [0.1, 0.15) is 32.1 Å². The Morgan fingerprint density at radius 3 is 2.08 bits per heavy atom. The van der Waals surface area contributed by atoms with E-state index in [0.717, 1.165) is 0 Å². The molecule has 0 atom stereocenters. The lowest BCUT2D eigenvalue weighted by Gasteiger charge is -2.36. The second kappa shape index (κ2) is 6.41. The highest BCUT2D eigenvalue weighted by atomic mass is 28.4. The van der Waals surface area contributed by atoms with Gasteiger partial charge in [-0.3, -0.25) is 4.79 Å². The summed E-state index contributed by atoms with van der Waals surface area (Å²) >= 11 is 0. The summed E-state index contributed by atoms with van der Waals surface area (Å²) in [6.45, 7) is 14.3. The fourth-order valence-electron chi connectivity index (χ4n) is 2.30. The monoisotopic (exact) mass is 364 g/mol. The lowest BCUT2D eigenvalue weighted by Crippen LogP contribution is -2.44. The Hall–Kier alpha value is -1.95. The van der Waals surface area contributed by atoms with Crippen LogP contribution in [0.2, 0.25) is 18.1 Å². The van der Waals surface area contributed by atoms with Gasteiger partial charge in [0.05, 0.1) is 14.2 Å². The van der Waals surface area contributed by atoms with Crippen LogP contribution in [0, 0.1) is 13.8 Å². The van der Waals surface area contributed by atoms with Gasteiger partial charge in [0.2, 0.25) is 0 Å². The maximum atomic E-state index is 12.8. The molecule has 0 aliphatic rings. The van der Waals surface area contributed by atoms with Gasteiger partial charge in [-0.1, -0.05) is 20.8 Å². The quantitative estimate of drug-likeness (QED) is 0.729. The molecule has 1 aromatic carbocycles. The summed E-state index contributed by atoms with van der Waals surface area (Å²) in [5.74, 6) is 1.96. The Morgan fingerprint density at radius 1 is 1.04 bits per heavy atom. The van der Waals surface area contributed by atoms with E-state index in [4.69, 9.17) is 18.3 Å². The van der Waals surface area contributed by atoms with E-state index in [9.17, 15) is 4.79 Å². The highest BCUT2D eigenvalue weighted by Crippen LogP contribution is 2.45. The third-order valence-corrected chi connectivity index (χ3v) is 9.45. The number of aryl methyl sites for hydroxylation is 1. The molecule has 0 aliphatic carbocycles. The van der Waals surface area contributed by atoms with Gasteiger partial charge in [0, 0.05) is 11.6 Å². The summed E-state index contributed by atoms with van der Waals surface area (Å²) in [4.78, 5) is 12.8. The third kappa shape index (κ3) is 3.27. The number of hydrogen-bond acceptors (Lipinski definition) is 5. The smallest absolute Gasteiger partial charge is 0.250 e. The average Bonchev–Trinajstić information content (AvgIpc) is 2.51. The number of benzene rings is 1. The maximum Gasteiger partial charge on any atom is 0.250 e. The number of rotatable bonds is 4. The molecular weight excluding hydrogens is 336 g/mol. The summed E-state index contributed by atoms with van der Waals surface area (Å²) in [5, 5.41) is 0.379. The lowest BCUT2D eigenvalue weighted by molar-refractivity contribution is 0.373. The minimum atomic E-state index is -2.17. The Bertz CT molecular complexity index is 859. The van der Waals surface area contributed by atoms with Crippen molar-refractivity contribution in [3.63, 3.8) is 0 Å². The van der Waals surface area contributed by atoms with Crippen LogP contribution in [0.15, 0.2) is 15.3 Å². The molecular formula is C19H28O5Si. The first-order valence-electron chi connectivity index (χ1n) is 8.32. The van der Waals surface area contributed by atoms with E-state index in [1.807, 2.05) is 0 Å². The molecule has 1 aromatic heterocycles. The van der Waals surface area contributed by atoms with Crippen molar-refractivity contribution >= 4 is 19.3 Å². The van der Waals surface area contributed by atoms with Crippen molar-refractivity contribution in [2.75, 3.05) is 14.2 Å². The van der Waals surface area contributed by atoms with Crippen LogP contribution in [-0.4, -0.2) is 22.5 Å². The zero-order valence-electron chi connectivity index (χ0n) is 16.6. The van der Waals surface area contributed by atoms with Crippen LogP contribution < -0.4 is 19.3 Å². The van der Waals surface area contributed by atoms with E-state index < -0.39 is 8.32 Å². The highest BCUT2D eigenvalue weighted by molar-refractivity contribution is 6.74. The van der Waals surface area contributed by atoms with E-state index in [1.165, 1.54) is 7.11 Å². The maximum absolute atomic E-state index is 12.8. The van der Waals surface area contributed by atoms with E-state index in [1.54, 1.807) is 27.0 Å². The van der Waals surface area contributed by atoms with E-state index >= 15 is 0 Å². The van der Waals surface area contributed by atoms with Gasteiger partial charge in [0.1, 0.15) is 16.9 Å². The van der Waals surface area contributed by atoms with Gasteiger partial charge in [-0.05, 0) is 32.0 Å². The van der Waals surface area contributed by atoms with Crippen molar-refractivity contribution in [1.29, 1.82) is 0 Å². The molecule has 2 aromatic rings. The number of ether oxygens (including phenoxy) is 2. The molecule has 2 rings (SSSR count). The molecule has 0 fully saturated rings. The van der Waals surface area contributed by atoms with Gasteiger partial charge < -0.3 is 18.3 Å². The highest BCUT2D eigenvalue weighted by Gasteiger charge is 2.40. The van der Waals surface area contributed by atoms with Gasteiger partial charge >= 0.3 is 0 Å². The largest absolute Gasteiger partial charge is 0.538 e. The molecule has 6 heteroatoms. The van der Waals surface area contributed by atoms with Gasteiger partial charge in [0.15, 0.2) is 22.5 Å². The van der Waals surface area contributed by atoms with Crippen LogP contribution in [0.25, 0.3) is 11.0 Å². The van der Waals surface area contributed by atoms with Crippen molar-refractivity contribution in [1.82, 2.24) is 0 Å². The minimum Gasteiger partial charge on any atom is -0.538 e. The molecule has 138 valence electrons. The average molecular weight is 365 g/mol. The zero-order chi connectivity index (χ0) is 19.2. The number of hydrogen-bond donors (Lipinski definition) is 0. The van der Waals surface area contributed by atoms with Gasteiger partial charge in [-0.2, -0.15) is 0 Å². The van der Waals surface area contributed by atoms with Crippen LogP contribution in [-0.2, 0) is 0 Å². The second-order valence-electron chi connectivity index (χ2n) is 7.79. The third-order valence-electron chi connectivity index (χ3n) is 5.12. The predicted octanol–water partition coefficient (Wildman–Crippen LogP) is 4.81. The van der Waals surface area contributed by atoms with E-state index in [-0.39, 0.29) is 10.5 Å². The first-order valence-corrected chi connectivity index (χ1v) is 11.2. The molecule has 1 heterocycles. The predicted molar refractivity (Wildman–Crippen MR) is 103 cm³/mol. The minimum absolute atomic E-state index is 0.00962. The van der Waals surface area contributed by atoms with Crippen molar-refractivity contribution in [2.24, 2.45) is 0 Å². The molecule has 0 spiro atoms. The first kappa shape index (κ1) is 19.4. The Kier molecular flexibility index (Phi) is 4.96. The Morgan fingerprint density at radius 2 is 1.60 bits per heavy atom. The summed E-state index contributed by atoms with van der Waals surface area (Å²) in [5.41, 5.74) is 0.835. The number of fused-ring (bicyclic) bond motifs is 1. The van der Waals surface area contributed by atoms with Crippen molar-refractivity contribution in [3.05, 3.63) is 27.6 Å². The van der Waals surface area contributed by atoms with Gasteiger partial charge in [0.25, 0.3) is 8.32 Å². The first-order chi connectivity index (χ1) is 11.4. The lowest BCUT2D eigenvalue weighted by atomic mass is 10.1. The van der Waals surface area contributed by atoms with Crippen LogP contribution >= 0.6 is 0 Å². The molecule has 0 saturated carbocycles. The van der Waals surface area contributed by atoms with Crippen LogP contribution in [0.3, 0.4) is 0 Å². The fraction of sp³-hybridized carbons (Fsp3) is 0.526. The topological polar surface area (TPSA) is 57.9 Å². The molecule has 0 bridgehead atoms. The van der Waals surface area contributed by atoms with Crippen LogP contribution in [0.5, 0.6) is 17.2 Å². The zero-order valence-corrected chi connectivity index (χ0v) is 17.6. The van der Waals surface area contributed by atoms with Crippen LogP contribution in [0.4, 0.5) is 0 Å². The standard InChI is InChI=1S/C19H28O5Si/c1-11-12(2)23-18-15(16(11)20)13(21-6)10-14(22-7)17(18)24-25(8,9)19(3,4)5/h10H,1-9H3. The summed E-state index contributed by atoms with van der Waals surface area (Å²) in [7, 11) is 0.923. The van der Waals surface area contributed by atoms with Gasteiger partial charge in [-0.25, -0.2) is 0 Å². The summed E-state index contributed by atoms with van der Waals surface area (Å²) in [6.07, 6.45) is 0. The molecule has 0 amide bonds. The molecule has 0 unspecified atom stereocenters.